The van der Waals surface area contributed by atoms with Crippen molar-refractivity contribution >= 4 is 17.6 Å². The van der Waals surface area contributed by atoms with Crippen LogP contribution in [0.4, 0.5) is 0 Å². The first kappa shape index (κ1) is 11.8. The number of aliphatic hydroxyl groups is 1. The minimum absolute atomic E-state index is 0.0266. The van der Waals surface area contributed by atoms with Crippen LogP contribution in [0.25, 0.3) is 0 Å². The Balaban J connectivity index is 2.19. The van der Waals surface area contributed by atoms with Gasteiger partial charge in [0.1, 0.15) is 12.7 Å². The third kappa shape index (κ3) is 3.84. The molecule has 4 heteroatoms. The van der Waals surface area contributed by atoms with E-state index in [-0.39, 0.29) is 24.4 Å². The highest BCUT2D eigenvalue weighted by atomic mass is 35.5. The Morgan fingerprint density at radius 3 is 2.64 bits per heavy atom. The first-order valence-electron chi connectivity index (χ1n) is 5.14. The second kappa shape index (κ2) is 6.25. The fraction of sp³-hybridized carbons (Fsp3) is 0.900. The van der Waals surface area contributed by atoms with Crippen molar-refractivity contribution in [1.29, 1.82) is 0 Å². The molecule has 1 aliphatic rings. The minimum atomic E-state index is -0.732. The monoisotopic (exact) mass is 220 g/mol. The lowest BCUT2D eigenvalue weighted by Crippen LogP contribution is -2.25. The van der Waals surface area contributed by atoms with Crippen molar-refractivity contribution in [2.45, 2.75) is 38.2 Å². The Kier molecular flexibility index (Phi) is 5.26. The smallest absolute Gasteiger partial charge is 0.309 e. The molecule has 0 aromatic carbocycles. The van der Waals surface area contributed by atoms with E-state index in [1.807, 2.05) is 0 Å². The van der Waals surface area contributed by atoms with Gasteiger partial charge in [0.2, 0.25) is 0 Å². The van der Waals surface area contributed by atoms with Crippen molar-refractivity contribution < 1.29 is 14.6 Å². The molecule has 0 spiro atoms. The summed E-state index contributed by atoms with van der Waals surface area (Å²) in [6.45, 7) is 0.0266. The van der Waals surface area contributed by atoms with Gasteiger partial charge in [-0.3, -0.25) is 4.79 Å². The van der Waals surface area contributed by atoms with Crippen LogP contribution >= 0.6 is 11.6 Å². The topological polar surface area (TPSA) is 46.5 Å². The molecule has 82 valence electrons. The van der Waals surface area contributed by atoms with E-state index in [0.29, 0.717) is 0 Å². The molecule has 0 aliphatic heterocycles. The molecule has 0 bridgehead atoms. The molecule has 1 N–H and O–H groups in total. The maximum absolute atomic E-state index is 11.4. The molecule has 0 aromatic rings. The van der Waals surface area contributed by atoms with E-state index in [4.69, 9.17) is 21.4 Å². The molecule has 3 nitrogen and oxygen atoms in total. The number of carbonyl (C=O) groups excluding carboxylic acids is 1. The predicted molar refractivity (Wildman–Crippen MR) is 54.3 cm³/mol. The number of hydrogen-bond acceptors (Lipinski definition) is 3. The number of halogens is 1. The third-order valence-corrected chi connectivity index (χ3v) is 2.89. The van der Waals surface area contributed by atoms with Gasteiger partial charge in [-0.15, -0.1) is 11.6 Å². The van der Waals surface area contributed by atoms with E-state index in [0.717, 1.165) is 25.7 Å². The summed E-state index contributed by atoms with van der Waals surface area (Å²) in [5.74, 6) is -0.0158. The van der Waals surface area contributed by atoms with E-state index >= 15 is 0 Å². The van der Waals surface area contributed by atoms with Gasteiger partial charge in [0.05, 0.1) is 11.8 Å². The Bertz CT molecular complexity index is 178. The standard InChI is InChI=1S/C10H17ClO3/c11-6-9(12)7-14-10(13)8-4-2-1-3-5-8/h8-9,12H,1-7H2. The summed E-state index contributed by atoms with van der Waals surface area (Å²) in [4.78, 5) is 11.4. The van der Waals surface area contributed by atoms with Crippen LogP contribution in [-0.2, 0) is 9.53 Å². The van der Waals surface area contributed by atoms with Crippen LogP contribution in [0.2, 0.25) is 0 Å². The van der Waals surface area contributed by atoms with E-state index in [1.165, 1.54) is 6.42 Å². The molecule has 1 saturated carbocycles. The zero-order valence-corrected chi connectivity index (χ0v) is 9.00. The summed E-state index contributed by atoms with van der Waals surface area (Å²) < 4.78 is 4.96. The van der Waals surface area contributed by atoms with Crippen molar-refractivity contribution in [3.05, 3.63) is 0 Å². The van der Waals surface area contributed by atoms with E-state index in [1.54, 1.807) is 0 Å². The largest absolute Gasteiger partial charge is 0.463 e. The van der Waals surface area contributed by atoms with Crippen LogP contribution in [0.1, 0.15) is 32.1 Å². The van der Waals surface area contributed by atoms with Crippen molar-refractivity contribution in [3.63, 3.8) is 0 Å². The van der Waals surface area contributed by atoms with E-state index in [9.17, 15) is 4.79 Å². The van der Waals surface area contributed by atoms with E-state index in [2.05, 4.69) is 0 Å². The number of aliphatic hydroxyl groups excluding tert-OH is 1. The van der Waals surface area contributed by atoms with Crippen LogP contribution in [0.15, 0.2) is 0 Å². The van der Waals surface area contributed by atoms with Crippen molar-refractivity contribution in [2.24, 2.45) is 5.92 Å². The van der Waals surface area contributed by atoms with Crippen LogP contribution in [0, 0.1) is 5.92 Å². The highest BCUT2D eigenvalue weighted by Crippen LogP contribution is 2.24. The second-order valence-corrected chi connectivity index (χ2v) is 4.08. The van der Waals surface area contributed by atoms with Gasteiger partial charge in [0, 0.05) is 0 Å². The molecule has 0 saturated heterocycles. The normalized spacial score (nSPS) is 20.4. The van der Waals surface area contributed by atoms with Crippen LogP contribution in [0.3, 0.4) is 0 Å². The Morgan fingerprint density at radius 1 is 1.43 bits per heavy atom. The van der Waals surface area contributed by atoms with Crippen molar-refractivity contribution in [1.82, 2.24) is 0 Å². The Morgan fingerprint density at radius 2 is 2.07 bits per heavy atom. The van der Waals surface area contributed by atoms with Gasteiger partial charge >= 0.3 is 5.97 Å². The second-order valence-electron chi connectivity index (χ2n) is 3.77. The van der Waals surface area contributed by atoms with Gasteiger partial charge in [-0.1, -0.05) is 19.3 Å². The number of alkyl halides is 1. The third-order valence-electron chi connectivity index (χ3n) is 2.53. The summed E-state index contributed by atoms with van der Waals surface area (Å²) in [6.07, 6.45) is 4.55. The summed E-state index contributed by atoms with van der Waals surface area (Å²) in [7, 11) is 0. The molecule has 1 aliphatic carbocycles. The predicted octanol–water partition coefficient (Wildman–Crippen LogP) is 1.71. The number of rotatable bonds is 4. The first-order valence-corrected chi connectivity index (χ1v) is 5.68. The quantitative estimate of drug-likeness (QED) is 0.580. The zero-order valence-electron chi connectivity index (χ0n) is 8.25. The first-order chi connectivity index (χ1) is 6.74. The number of carbonyl (C=O) groups is 1. The Labute approximate surface area is 89.4 Å². The molecule has 1 rings (SSSR count). The maximum atomic E-state index is 11.4. The fourth-order valence-electron chi connectivity index (χ4n) is 1.68. The van der Waals surface area contributed by atoms with Gasteiger partial charge in [0.15, 0.2) is 0 Å². The molecular formula is C10H17ClO3. The molecule has 1 atom stereocenters. The van der Waals surface area contributed by atoms with Gasteiger partial charge in [-0.05, 0) is 12.8 Å². The highest BCUT2D eigenvalue weighted by molar-refractivity contribution is 6.18. The van der Waals surface area contributed by atoms with Gasteiger partial charge in [-0.2, -0.15) is 0 Å². The highest BCUT2D eigenvalue weighted by Gasteiger charge is 2.22. The van der Waals surface area contributed by atoms with Gasteiger partial charge < -0.3 is 9.84 Å². The SMILES string of the molecule is O=C(OCC(O)CCl)C1CCCCC1. The number of esters is 1. The zero-order chi connectivity index (χ0) is 10.4. The van der Waals surface area contributed by atoms with Crippen molar-refractivity contribution in [3.8, 4) is 0 Å². The van der Waals surface area contributed by atoms with Crippen LogP contribution in [0.5, 0.6) is 0 Å². The molecule has 14 heavy (non-hydrogen) atoms. The lowest BCUT2D eigenvalue weighted by molar-refractivity contribution is -0.152. The molecule has 0 radical (unpaired) electrons. The molecule has 0 aromatic heterocycles. The minimum Gasteiger partial charge on any atom is -0.463 e. The average molecular weight is 221 g/mol. The summed E-state index contributed by atoms with van der Waals surface area (Å²) in [5, 5.41) is 9.10. The number of ether oxygens (including phenoxy) is 1. The molecule has 1 fully saturated rings. The number of hydrogen-bond donors (Lipinski definition) is 1. The Hall–Kier alpha value is -0.280. The average Bonchev–Trinajstić information content (AvgIpc) is 2.26. The van der Waals surface area contributed by atoms with Crippen LogP contribution in [-0.4, -0.2) is 29.7 Å². The molecule has 0 heterocycles. The molecule has 1 unspecified atom stereocenters. The van der Waals surface area contributed by atoms with Gasteiger partial charge in [-0.25, -0.2) is 0 Å². The lowest BCUT2D eigenvalue weighted by Gasteiger charge is -2.20. The maximum Gasteiger partial charge on any atom is 0.309 e. The summed E-state index contributed by atoms with van der Waals surface area (Å²) >= 11 is 5.38. The lowest BCUT2D eigenvalue weighted by atomic mass is 9.89. The van der Waals surface area contributed by atoms with Gasteiger partial charge in [0.25, 0.3) is 0 Å². The summed E-state index contributed by atoms with van der Waals surface area (Å²) in [6, 6.07) is 0. The fourth-order valence-corrected chi connectivity index (χ4v) is 1.77. The van der Waals surface area contributed by atoms with E-state index < -0.39 is 6.10 Å². The molecule has 0 amide bonds. The van der Waals surface area contributed by atoms with Crippen LogP contribution < -0.4 is 0 Å². The molecular weight excluding hydrogens is 204 g/mol. The summed E-state index contributed by atoms with van der Waals surface area (Å²) in [5.41, 5.74) is 0. The van der Waals surface area contributed by atoms with Crippen molar-refractivity contribution in [2.75, 3.05) is 12.5 Å².